The van der Waals surface area contributed by atoms with Gasteiger partial charge in [0.2, 0.25) is 0 Å². The van der Waals surface area contributed by atoms with Crippen LogP contribution in [0.3, 0.4) is 0 Å². The Morgan fingerprint density at radius 1 is 1.33 bits per heavy atom. The first-order chi connectivity index (χ1) is 7.02. The summed E-state index contributed by atoms with van der Waals surface area (Å²) in [5.74, 6) is -1.72. The fourth-order valence-corrected chi connectivity index (χ4v) is 1.14. The van der Waals surface area contributed by atoms with Gasteiger partial charge in [-0.05, 0) is 0 Å². The topological polar surface area (TPSA) is 63.7 Å². The van der Waals surface area contributed by atoms with Crippen LogP contribution in [0.1, 0.15) is 11.1 Å². The van der Waals surface area contributed by atoms with Crippen molar-refractivity contribution in [1.82, 2.24) is 4.98 Å². The molecule has 0 spiro atoms. The third-order valence-electron chi connectivity index (χ3n) is 1.59. The number of nitriles is 2. The summed E-state index contributed by atoms with van der Waals surface area (Å²) in [6.45, 7) is 0. The van der Waals surface area contributed by atoms with Crippen LogP contribution in [0.15, 0.2) is 0 Å². The summed E-state index contributed by atoms with van der Waals surface area (Å²) in [6.07, 6.45) is 0. The van der Waals surface area contributed by atoms with Gasteiger partial charge in [0.05, 0.1) is 0 Å². The van der Waals surface area contributed by atoms with Crippen LogP contribution >= 0.6 is 11.6 Å². The standard InChI is InChI=1S/C8H3ClF2N4/c1-15(11)8-5(3-13)6(10)4(2-12)7(9)14-8/h1H3. The number of hydrogen-bond acceptors (Lipinski definition) is 4. The molecule has 0 bridgehead atoms. The molecule has 0 aliphatic carbocycles. The lowest BCUT2D eigenvalue weighted by molar-refractivity contribution is 0.467. The number of nitrogens with zero attached hydrogens (tertiary/aromatic N) is 4. The van der Waals surface area contributed by atoms with Gasteiger partial charge in [0.25, 0.3) is 0 Å². The van der Waals surface area contributed by atoms with Gasteiger partial charge >= 0.3 is 0 Å². The average Bonchev–Trinajstić information content (AvgIpc) is 2.17. The molecule has 0 amide bonds. The van der Waals surface area contributed by atoms with Crippen molar-refractivity contribution in [1.29, 1.82) is 10.5 Å². The number of anilines is 1. The molecular formula is C8H3ClF2N4. The van der Waals surface area contributed by atoms with E-state index in [0.717, 1.165) is 7.05 Å². The zero-order valence-electron chi connectivity index (χ0n) is 7.42. The lowest BCUT2D eigenvalue weighted by atomic mass is 10.2. The second-order valence-corrected chi connectivity index (χ2v) is 2.85. The minimum Gasteiger partial charge on any atom is -0.214 e. The molecule has 76 valence electrons. The Balaban J connectivity index is 3.63. The molecule has 4 nitrogen and oxygen atoms in total. The van der Waals surface area contributed by atoms with E-state index in [1.165, 1.54) is 12.1 Å². The van der Waals surface area contributed by atoms with Gasteiger partial charge in [-0.15, -0.1) is 0 Å². The maximum atomic E-state index is 13.4. The zero-order valence-corrected chi connectivity index (χ0v) is 8.18. The Morgan fingerprint density at radius 2 is 1.87 bits per heavy atom. The van der Waals surface area contributed by atoms with Crippen molar-refractivity contribution in [3.63, 3.8) is 0 Å². The van der Waals surface area contributed by atoms with Crippen molar-refractivity contribution < 1.29 is 8.87 Å². The Hall–Kier alpha value is -1.92. The maximum absolute atomic E-state index is 13.4. The number of hydrogen-bond donors (Lipinski definition) is 0. The quantitative estimate of drug-likeness (QED) is 0.544. The molecule has 15 heavy (non-hydrogen) atoms. The van der Waals surface area contributed by atoms with Crippen molar-refractivity contribution in [2.24, 2.45) is 0 Å². The first-order valence-corrected chi connectivity index (χ1v) is 3.99. The van der Waals surface area contributed by atoms with E-state index in [1.54, 1.807) is 0 Å². The molecule has 0 aliphatic heterocycles. The highest BCUT2D eigenvalue weighted by Crippen LogP contribution is 2.26. The number of rotatable bonds is 1. The molecule has 1 heterocycles. The molecule has 0 fully saturated rings. The molecule has 0 saturated carbocycles. The molecule has 7 heteroatoms. The fraction of sp³-hybridized carbons (Fsp3) is 0.125. The van der Waals surface area contributed by atoms with E-state index in [9.17, 15) is 8.87 Å². The van der Waals surface area contributed by atoms with Crippen LogP contribution in [-0.4, -0.2) is 12.0 Å². The summed E-state index contributed by atoms with van der Waals surface area (Å²) >= 11 is 5.43. The maximum Gasteiger partial charge on any atom is 0.179 e. The Morgan fingerprint density at radius 3 is 2.27 bits per heavy atom. The van der Waals surface area contributed by atoms with Crippen molar-refractivity contribution in [3.8, 4) is 12.1 Å². The van der Waals surface area contributed by atoms with Crippen LogP contribution in [0.2, 0.25) is 5.15 Å². The van der Waals surface area contributed by atoms with E-state index < -0.39 is 27.9 Å². The lowest BCUT2D eigenvalue weighted by Gasteiger charge is -2.09. The molecule has 0 atom stereocenters. The van der Waals surface area contributed by atoms with E-state index in [4.69, 9.17) is 22.1 Å². The second-order valence-electron chi connectivity index (χ2n) is 2.49. The predicted molar refractivity (Wildman–Crippen MR) is 48.1 cm³/mol. The third-order valence-corrected chi connectivity index (χ3v) is 1.86. The molecule has 0 aliphatic rings. The smallest absolute Gasteiger partial charge is 0.179 e. The van der Waals surface area contributed by atoms with Gasteiger partial charge in [0, 0.05) is 7.05 Å². The van der Waals surface area contributed by atoms with Crippen molar-refractivity contribution in [2.75, 3.05) is 12.2 Å². The average molecular weight is 229 g/mol. The largest absolute Gasteiger partial charge is 0.214 e. The molecule has 0 saturated heterocycles. The highest BCUT2D eigenvalue weighted by atomic mass is 35.5. The summed E-state index contributed by atoms with van der Waals surface area (Å²) in [5.41, 5.74) is -1.22. The van der Waals surface area contributed by atoms with Gasteiger partial charge in [-0.25, -0.2) is 9.37 Å². The highest BCUT2D eigenvalue weighted by Gasteiger charge is 2.21. The van der Waals surface area contributed by atoms with Crippen LogP contribution in [0.25, 0.3) is 0 Å². The second kappa shape index (κ2) is 4.07. The van der Waals surface area contributed by atoms with E-state index in [2.05, 4.69) is 4.98 Å². The van der Waals surface area contributed by atoms with Gasteiger partial charge < -0.3 is 0 Å². The summed E-state index contributed by atoms with van der Waals surface area (Å²) < 4.78 is 26.2. The molecule has 0 N–H and O–H groups in total. The van der Waals surface area contributed by atoms with Gasteiger partial charge in [0.15, 0.2) is 16.8 Å². The first-order valence-electron chi connectivity index (χ1n) is 3.61. The van der Waals surface area contributed by atoms with Crippen LogP contribution in [-0.2, 0) is 0 Å². The highest BCUT2D eigenvalue weighted by molar-refractivity contribution is 6.30. The van der Waals surface area contributed by atoms with E-state index in [-0.39, 0.29) is 5.12 Å². The molecule has 1 aromatic rings. The third kappa shape index (κ3) is 1.80. The number of aromatic nitrogens is 1. The predicted octanol–water partition coefficient (Wildman–Crippen LogP) is 1.94. The number of halogens is 3. The van der Waals surface area contributed by atoms with E-state index >= 15 is 0 Å². The normalized spacial score (nSPS) is 9.20. The van der Waals surface area contributed by atoms with Gasteiger partial charge in [0.1, 0.15) is 23.3 Å². The lowest BCUT2D eigenvalue weighted by Crippen LogP contribution is -2.10. The van der Waals surface area contributed by atoms with Crippen molar-refractivity contribution in [3.05, 3.63) is 22.1 Å². The molecule has 1 rings (SSSR count). The van der Waals surface area contributed by atoms with Crippen LogP contribution < -0.4 is 5.12 Å². The van der Waals surface area contributed by atoms with Gasteiger partial charge in [-0.3, -0.25) is 0 Å². The Labute approximate surface area is 88.9 Å². The summed E-state index contributed by atoms with van der Waals surface area (Å²) in [6, 6.07) is 2.86. The summed E-state index contributed by atoms with van der Waals surface area (Å²) in [4.78, 5) is 3.41. The Kier molecular flexibility index (Phi) is 3.03. The molecule has 0 unspecified atom stereocenters. The molecule has 1 aromatic heterocycles. The SMILES string of the molecule is CN(F)c1nc(Cl)c(C#N)c(F)c1C#N. The zero-order chi connectivity index (χ0) is 11.6. The van der Waals surface area contributed by atoms with E-state index in [0.29, 0.717) is 0 Å². The van der Waals surface area contributed by atoms with Crippen LogP contribution in [0.4, 0.5) is 14.7 Å². The van der Waals surface area contributed by atoms with E-state index in [1.807, 2.05) is 0 Å². The van der Waals surface area contributed by atoms with Crippen molar-refractivity contribution >= 4 is 17.4 Å². The minimum atomic E-state index is -1.17. The molecule has 0 radical (unpaired) electrons. The minimum absolute atomic E-state index is 0.0470. The molecular weight excluding hydrogens is 226 g/mol. The van der Waals surface area contributed by atoms with Crippen LogP contribution in [0.5, 0.6) is 0 Å². The summed E-state index contributed by atoms with van der Waals surface area (Å²) in [7, 11) is 0.936. The van der Waals surface area contributed by atoms with Crippen molar-refractivity contribution in [2.45, 2.75) is 0 Å². The number of pyridine rings is 1. The van der Waals surface area contributed by atoms with Crippen LogP contribution in [0, 0.1) is 28.5 Å². The monoisotopic (exact) mass is 228 g/mol. The Bertz CT molecular complexity index is 487. The fourth-order valence-electron chi connectivity index (χ4n) is 0.936. The first kappa shape index (κ1) is 11.2. The van der Waals surface area contributed by atoms with Gasteiger partial charge in [-0.1, -0.05) is 16.1 Å². The van der Waals surface area contributed by atoms with Gasteiger partial charge in [-0.2, -0.15) is 15.6 Å². The summed E-state index contributed by atoms with van der Waals surface area (Å²) in [5, 5.41) is 16.6. The molecule has 0 aromatic carbocycles.